The average molecular weight is 227 g/mol. The minimum atomic E-state index is -0.747. The van der Waals surface area contributed by atoms with Gasteiger partial charge in [0, 0.05) is 12.6 Å². The van der Waals surface area contributed by atoms with E-state index in [9.17, 15) is 9.90 Å². The Labute approximate surface area is 96.4 Å². The van der Waals surface area contributed by atoms with Gasteiger partial charge in [0.15, 0.2) is 0 Å². The van der Waals surface area contributed by atoms with Gasteiger partial charge in [0.05, 0.1) is 11.5 Å². The van der Waals surface area contributed by atoms with Crippen LogP contribution in [0.4, 0.5) is 0 Å². The van der Waals surface area contributed by atoms with Crippen molar-refractivity contribution >= 4 is 5.97 Å². The van der Waals surface area contributed by atoms with Gasteiger partial charge in [-0.05, 0) is 32.6 Å². The Morgan fingerprint density at radius 3 is 2.62 bits per heavy atom. The summed E-state index contributed by atoms with van der Waals surface area (Å²) in [5.74, 6) is -1.02. The molecule has 0 spiro atoms. The number of carbonyl (C=O) groups is 1. The van der Waals surface area contributed by atoms with Crippen LogP contribution in [0.1, 0.15) is 32.6 Å². The first-order chi connectivity index (χ1) is 7.47. The van der Waals surface area contributed by atoms with Crippen LogP contribution < -0.4 is 5.32 Å². The third kappa shape index (κ3) is 3.61. The summed E-state index contributed by atoms with van der Waals surface area (Å²) in [6, 6.07) is 0.168. The van der Waals surface area contributed by atoms with E-state index in [2.05, 4.69) is 11.9 Å². The fraction of sp³-hybridized carbons (Fsp3) is 0.750. The fourth-order valence-electron chi connectivity index (χ4n) is 2.01. The van der Waals surface area contributed by atoms with Crippen LogP contribution in [0.2, 0.25) is 0 Å². The van der Waals surface area contributed by atoms with E-state index in [0.717, 1.165) is 0 Å². The summed E-state index contributed by atoms with van der Waals surface area (Å²) in [7, 11) is 0. The molecule has 4 heteroatoms. The van der Waals surface area contributed by atoms with Gasteiger partial charge in [-0.15, -0.1) is 6.58 Å². The van der Waals surface area contributed by atoms with Crippen LogP contribution in [-0.2, 0) is 4.79 Å². The number of carboxylic acids is 1. The molecule has 0 aliphatic heterocycles. The smallest absolute Gasteiger partial charge is 0.306 e. The molecule has 1 atom stereocenters. The highest BCUT2D eigenvalue weighted by Gasteiger charge is 2.35. The average Bonchev–Trinajstić information content (AvgIpc) is 2.26. The second kappa shape index (κ2) is 5.46. The predicted molar refractivity (Wildman–Crippen MR) is 62.2 cm³/mol. The summed E-state index contributed by atoms with van der Waals surface area (Å²) in [6.45, 7) is 6.14. The molecule has 0 saturated heterocycles. The van der Waals surface area contributed by atoms with Crippen LogP contribution in [0.25, 0.3) is 0 Å². The van der Waals surface area contributed by atoms with Crippen molar-refractivity contribution in [3.8, 4) is 0 Å². The molecule has 0 heterocycles. The molecule has 1 aliphatic rings. The molecule has 4 nitrogen and oxygen atoms in total. The van der Waals surface area contributed by atoms with Crippen molar-refractivity contribution in [1.82, 2.24) is 5.32 Å². The molecule has 0 radical (unpaired) electrons. The molecule has 3 N–H and O–H groups in total. The predicted octanol–water partition coefficient (Wildman–Crippen LogP) is 1.16. The summed E-state index contributed by atoms with van der Waals surface area (Å²) >= 11 is 0. The minimum Gasteiger partial charge on any atom is -0.481 e. The summed E-state index contributed by atoms with van der Waals surface area (Å²) < 4.78 is 0. The third-order valence-corrected chi connectivity index (χ3v) is 3.37. The molecule has 0 bridgehead atoms. The van der Waals surface area contributed by atoms with Gasteiger partial charge < -0.3 is 15.5 Å². The van der Waals surface area contributed by atoms with E-state index in [-0.39, 0.29) is 12.0 Å². The number of rotatable bonds is 5. The Balaban J connectivity index is 2.38. The van der Waals surface area contributed by atoms with Crippen LogP contribution in [-0.4, -0.2) is 34.4 Å². The zero-order valence-electron chi connectivity index (χ0n) is 9.78. The van der Waals surface area contributed by atoms with Crippen molar-refractivity contribution in [3.63, 3.8) is 0 Å². The molecule has 0 amide bonds. The minimum absolute atomic E-state index is 0.168. The van der Waals surface area contributed by atoms with Gasteiger partial charge in [0.25, 0.3) is 0 Å². The van der Waals surface area contributed by atoms with Crippen molar-refractivity contribution in [1.29, 1.82) is 0 Å². The maximum absolute atomic E-state index is 10.8. The summed E-state index contributed by atoms with van der Waals surface area (Å²) in [6.07, 6.45) is 4.03. The largest absolute Gasteiger partial charge is 0.481 e. The lowest BCUT2D eigenvalue weighted by atomic mass is 9.78. The quantitative estimate of drug-likeness (QED) is 0.616. The highest BCUT2D eigenvalue weighted by molar-refractivity contribution is 5.70. The highest BCUT2D eigenvalue weighted by Crippen LogP contribution is 2.31. The van der Waals surface area contributed by atoms with E-state index in [4.69, 9.17) is 5.11 Å². The van der Waals surface area contributed by atoms with Gasteiger partial charge in [0.1, 0.15) is 0 Å². The van der Waals surface area contributed by atoms with Crippen LogP contribution in [0, 0.1) is 5.92 Å². The summed E-state index contributed by atoms with van der Waals surface area (Å²) in [5.41, 5.74) is -0.747. The van der Waals surface area contributed by atoms with E-state index in [1.807, 2.05) is 6.92 Å². The molecule has 1 fully saturated rings. The zero-order valence-corrected chi connectivity index (χ0v) is 9.78. The SMILES string of the molecule is C=CC(C)NCC1(O)CCC(C(=O)O)CC1. The molecule has 0 aromatic rings. The first-order valence-corrected chi connectivity index (χ1v) is 5.78. The maximum atomic E-state index is 10.8. The number of hydrogen-bond donors (Lipinski definition) is 3. The number of aliphatic carboxylic acids is 1. The number of nitrogens with one attached hydrogen (secondary N) is 1. The van der Waals surface area contributed by atoms with Crippen molar-refractivity contribution in [2.24, 2.45) is 5.92 Å². The van der Waals surface area contributed by atoms with Gasteiger partial charge in [-0.3, -0.25) is 4.79 Å². The molecule has 92 valence electrons. The van der Waals surface area contributed by atoms with Crippen LogP contribution in [0.5, 0.6) is 0 Å². The Bertz CT molecular complexity index is 257. The van der Waals surface area contributed by atoms with Gasteiger partial charge in [-0.25, -0.2) is 0 Å². The molecular formula is C12H21NO3. The van der Waals surface area contributed by atoms with E-state index in [1.165, 1.54) is 0 Å². The lowest BCUT2D eigenvalue weighted by molar-refractivity contribution is -0.144. The second-order valence-corrected chi connectivity index (χ2v) is 4.74. The third-order valence-electron chi connectivity index (χ3n) is 3.37. The van der Waals surface area contributed by atoms with Crippen molar-refractivity contribution < 1.29 is 15.0 Å². The molecule has 16 heavy (non-hydrogen) atoms. The molecule has 0 aromatic heterocycles. The maximum Gasteiger partial charge on any atom is 0.306 e. The Morgan fingerprint density at radius 2 is 2.19 bits per heavy atom. The lowest BCUT2D eigenvalue weighted by Gasteiger charge is -2.35. The van der Waals surface area contributed by atoms with Crippen LogP contribution >= 0.6 is 0 Å². The molecule has 1 saturated carbocycles. The molecule has 1 rings (SSSR count). The zero-order chi connectivity index (χ0) is 12.2. The highest BCUT2D eigenvalue weighted by atomic mass is 16.4. The van der Waals surface area contributed by atoms with Gasteiger partial charge in [-0.2, -0.15) is 0 Å². The summed E-state index contributed by atoms with van der Waals surface area (Å²) in [5, 5.41) is 22.3. The Kier molecular flexibility index (Phi) is 4.50. The topological polar surface area (TPSA) is 69.6 Å². The summed E-state index contributed by atoms with van der Waals surface area (Å²) in [4.78, 5) is 10.8. The number of carboxylic acid groups (broad SMARTS) is 1. The van der Waals surface area contributed by atoms with Crippen LogP contribution in [0.15, 0.2) is 12.7 Å². The molecule has 0 aromatic carbocycles. The standard InChI is InChI=1S/C12H21NO3/c1-3-9(2)13-8-12(16)6-4-10(5-7-12)11(14)15/h3,9-10,13,16H,1,4-8H2,2H3,(H,14,15). The Morgan fingerprint density at radius 1 is 1.62 bits per heavy atom. The van der Waals surface area contributed by atoms with E-state index >= 15 is 0 Å². The molecular weight excluding hydrogens is 206 g/mol. The molecule has 1 aliphatic carbocycles. The van der Waals surface area contributed by atoms with E-state index in [1.54, 1.807) is 6.08 Å². The molecule has 1 unspecified atom stereocenters. The monoisotopic (exact) mass is 227 g/mol. The van der Waals surface area contributed by atoms with Crippen molar-refractivity contribution in [2.75, 3.05) is 6.54 Å². The first-order valence-electron chi connectivity index (χ1n) is 5.78. The van der Waals surface area contributed by atoms with E-state index in [0.29, 0.717) is 32.2 Å². The van der Waals surface area contributed by atoms with Crippen molar-refractivity contribution in [2.45, 2.75) is 44.2 Å². The van der Waals surface area contributed by atoms with Gasteiger partial charge in [0.2, 0.25) is 0 Å². The number of aliphatic hydroxyl groups is 1. The number of hydrogen-bond acceptors (Lipinski definition) is 3. The van der Waals surface area contributed by atoms with Crippen molar-refractivity contribution in [3.05, 3.63) is 12.7 Å². The van der Waals surface area contributed by atoms with Gasteiger partial charge in [-0.1, -0.05) is 6.08 Å². The first kappa shape index (κ1) is 13.2. The normalized spacial score (nSPS) is 32.0. The Hall–Kier alpha value is -0.870. The lowest BCUT2D eigenvalue weighted by Crippen LogP contribution is -2.46. The van der Waals surface area contributed by atoms with Crippen LogP contribution in [0.3, 0.4) is 0 Å². The van der Waals surface area contributed by atoms with Gasteiger partial charge >= 0.3 is 5.97 Å². The second-order valence-electron chi connectivity index (χ2n) is 4.74. The fourth-order valence-corrected chi connectivity index (χ4v) is 2.01. The van der Waals surface area contributed by atoms with E-state index < -0.39 is 11.6 Å².